The predicted octanol–water partition coefficient (Wildman–Crippen LogP) is 3.87. The Bertz CT molecular complexity index is 501. The van der Waals surface area contributed by atoms with E-state index in [0.717, 1.165) is 21.7 Å². The van der Waals surface area contributed by atoms with Gasteiger partial charge in [-0.1, -0.05) is 11.6 Å². The maximum absolute atomic E-state index is 5.81. The van der Waals surface area contributed by atoms with Gasteiger partial charge in [-0.15, -0.1) is 11.3 Å². The van der Waals surface area contributed by atoms with E-state index in [4.69, 9.17) is 11.6 Å². The van der Waals surface area contributed by atoms with Gasteiger partial charge in [0.25, 0.3) is 0 Å². The van der Waals surface area contributed by atoms with Crippen LogP contribution in [0.4, 0.5) is 5.69 Å². The van der Waals surface area contributed by atoms with E-state index in [1.807, 2.05) is 19.2 Å². The quantitative estimate of drug-likeness (QED) is 0.873. The standard InChI is InChI=1S/C10H9BrClN3S/c1-6-13-4-8(16-6)5-14-7-2-9(11)10(12)15-3-7/h2-4,14H,5H2,1H3. The molecule has 0 aromatic carbocycles. The first-order valence-corrected chi connectivity index (χ1v) is 6.60. The van der Waals surface area contributed by atoms with Gasteiger partial charge in [-0.05, 0) is 28.9 Å². The molecule has 0 atom stereocenters. The summed E-state index contributed by atoms with van der Waals surface area (Å²) in [6, 6.07) is 1.91. The minimum atomic E-state index is 0.471. The number of nitrogens with zero attached hydrogens (tertiary/aromatic N) is 2. The lowest BCUT2D eigenvalue weighted by Crippen LogP contribution is -1.98. The number of rotatable bonds is 3. The second-order valence-corrected chi connectivity index (χ2v) is 5.73. The molecule has 0 unspecified atom stereocenters. The number of nitrogens with one attached hydrogen (secondary N) is 1. The van der Waals surface area contributed by atoms with Crippen molar-refractivity contribution in [1.82, 2.24) is 9.97 Å². The fraction of sp³-hybridized carbons (Fsp3) is 0.200. The fourth-order valence-corrected chi connectivity index (χ4v) is 2.38. The van der Waals surface area contributed by atoms with Gasteiger partial charge in [0.2, 0.25) is 0 Å². The molecule has 0 radical (unpaired) electrons. The van der Waals surface area contributed by atoms with Gasteiger partial charge in [0, 0.05) is 11.1 Å². The van der Waals surface area contributed by atoms with Crippen molar-refractivity contribution >= 4 is 44.6 Å². The summed E-state index contributed by atoms with van der Waals surface area (Å²) in [5.41, 5.74) is 0.933. The number of thiazole rings is 1. The molecule has 2 heterocycles. The largest absolute Gasteiger partial charge is 0.379 e. The van der Waals surface area contributed by atoms with E-state index in [0.29, 0.717) is 5.15 Å². The Balaban J connectivity index is 2.02. The maximum atomic E-state index is 5.81. The molecule has 1 N–H and O–H groups in total. The van der Waals surface area contributed by atoms with Crippen LogP contribution in [0, 0.1) is 6.92 Å². The summed E-state index contributed by atoms with van der Waals surface area (Å²) in [5, 5.41) is 4.81. The molecule has 0 fully saturated rings. The third-order valence-electron chi connectivity index (χ3n) is 1.93. The van der Waals surface area contributed by atoms with Crippen LogP contribution in [-0.2, 0) is 6.54 Å². The Morgan fingerprint density at radius 1 is 1.44 bits per heavy atom. The molecular weight excluding hydrogens is 310 g/mol. The van der Waals surface area contributed by atoms with E-state index in [1.54, 1.807) is 17.5 Å². The van der Waals surface area contributed by atoms with Crippen molar-refractivity contribution in [2.45, 2.75) is 13.5 Å². The van der Waals surface area contributed by atoms with Crippen LogP contribution in [0.3, 0.4) is 0 Å². The van der Waals surface area contributed by atoms with Crippen LogP contribution >= 0.6 is 38.9 Å². The minimum absolute atomic E-state index is 0.471. The van der Waals surface area contributed by atoms with Crippen molar-refractivity contribution in [3.05, 3.63) is 38.0 Å². The summed E-state index contributed by atoms with van der Waals surface area (Å²) in [7, 11) is 0. The summed E-state index contributed by atoms with van der Waals surface area (Å²) < 4.78 is 0.791. The highest BCUT2D eigenvalue weighted by atomic mass is 79.9. The van der Waals surface area contributed by atoms with Crippen molar-refractivity contribution < 1.29 is 0 Å². The average molecular weight is 319 g/mol. The van der Waals surface area contributed by atoms with Gasteiger partial charge < -0.3 is 5.32 Å². The Morgan fingerprint density at radius 2 is 2.25 bits per heavy atom. The number of hydrogen-bond acceptors (Lipinski definition) is 4. The molecule has 0 aliphatic carbocycles. The monoisotopic (exact) mass is 317 g/mol. The molecule has 16 heavy (non-hydrogen) atoms. The van der Waals surface area contributed by atoms with Crippen LogP contribution in [0.15, 0.2) is 22.9 Å². The number of pyridine rings is 1. The van der Waals surface area contributed by atoms with E-state index >= 15 is 0 Å². The summed E-state index contributed by atoms with van der Waals surface area (Å²) >= 11 is 10.8. The first-order chi connectivity index (χ1) is 7.65. The molecule has 0 aliphatic heterocycles. The third kappa shape index (κ3) is 2.93. The van der Waals surface area contributed by atoms with Crippen LogP contribution in [-0.4, -0.2) is 9.97 Å². The first-order valence-electron chi connectivity index (χ1n) is 4.61. The van der Waals surface area contributed by atoms with Crippen LogP contribution in [0.1, 0.15) is 9.88 Å². The van der Waals surface area contributed by atoms with E-state index in [1.165, 1.54) is 4.88 Å². The number of hydrogen-bond donors (Lipinski definition) is 1. The van der Waals surface area contributed by atoms with Crippen molar-refractivity contribution in [3.8, 4) is 0 Å². The molecule has 6 heteroatoms. The molecule has 84 valence electrons. The van der Waals surface area contributed by atoms with E-state index in [-0.39, 0.29) is 0 Å². The average Bonchev–Trinajstić information content (AvgIpc) is 2.66. The number of aryl methyl sites for hydroxylation is 1. The van der Waals surface area contributed by atoms with E-state index in [2.05, 4.69) is 31.2 Å². The summed E-state index contributed by atoms with van der Waals surface area (Å²) in [4.78, 5) is 9.43. The smallest absolute Gasteiger partial charge is 0.143 e. The third-order valence-corrected chi connectivity index (χ3v) is 3.98. The van der Waals surface area contributed by atoms with Crippen molar-refractivity contribution in [3.63, 3.8) is 0 Å². The highest BCUT2D eigenvalue weighted by Crippen LogP contribution is 2.23. The number of halogens is 2. The zero-order chi connectivity index (χ0) is 11.5. The second-order valence-electron chi connectivity index (χ2n) is 3.20. The Kier molecular flexibility index (Phi) is 3.78. The second kappa shape index (κ2) is 5.12. The van der Waals surface area contributed by atoms with Crippen molar-refractivity contribution in [2.75, 3.05) is 5.32 Å². The van der Waals surface area contributed by atoms with Gasteiger partial charge in [0.1, 0.15) is 5.15 Å². The zero-order valence-corrected chi connectivity index (χ0v) is 11.7. The highest BCUT2D eigenvalue weighted by Gasteiger charge is 2.01. The van der Waals surface area contributed by atoms with Gasteiger partial charge in [-0.2, -0.15) is 0 Å². The lowest BCUT2D eigenvalue weighted by molar-refractivity contribution is 1.15. The Morgan fingerprint density at radius 3 is 2.88 bits per heavy atom. The molecule has 0 amide bonds. The molecule has 0 bridgehead atoms. The van der Waals surface area contributed by atoms with Gasteiger partial charge in [0.05, 0.1) is 27.9 Å². The van der Waals surface area contributed by atoms with Gasteiger partial charge in [0.15, 0.2) is 0 Å². The molecule has 0 saturated carbocycles. The van der Waals surface area contributed by atoms with Crippen molar-refractivity contribution in [1.29, 1.82) is 0 Å². The first kappa shape index (κ1) is 11.8. The van der Waals surface area contributed by atoms with Crippen LogP contribution < -0.4 is 5.32 Å². The lowest BCUT2D eigenvalue weighted by Gasteiger charge is -2.04. The Hall–Kier alpha value is -0.650. The SMILES string of the molecule is Cc1ncc(CNc2cnc(Cl)c(Br)c2)s1. The minimum Gasteiger partial charge on any atom is -0.379 e. The van der Waals surface area contributed by atoms with E-state index < -0.39 is 0 Å². The van der Waals surface area contributed by atoms with Gasteiger partial charge in [-0.3, -0.25) is 0 Å². The predicted molar refractivity (Wildman–Crippen MR) is 71.1 cm³/mol. The molecule has 0 saturated heterocycles. The molecule has 2 aromatic rings. The van der Waals surface area contributed by atoms with Crippen LogP contribution in [0.2, 0.25) is 5.15 Å². The molecule has 2 rings (SSSR count). The highest BCUT2D eigenvalue weighted by molar-refractivity contribution is 9.10. The van der Waals surface area contributed by atoms with Crippen LogP contribution in [0.25, 0.3) is 0 Å². The van der Waals surface area contributed by atoms with Crippen LogP contribution in [0.5, 0.6) is 0 Å². The zero-order valence-electron chi connectivity index (χ0n) is 8.50. The molecular formula is C10H9BrClN3S. The molecule has 3 nitrogen and oxygen atoms in total. The number of anilines is 1. The Labute approximate surface area is 111 Å². The molecule has 2 aromatic heterocycles. The van der Waals surface area contributed by atoms with E-state index in [9.17, 15) is 0 Å². The lowest BCUT2D eigenvalue weighted by atomic mass is 10.4. The summed E-state index contributed by atoms with van der Waals surface area (Å²) in [5.74, 6) is 0. The molecule has 0 spiro atoms. The summed E-state index contributed by atoms with van der Waals surface area (Å²) in [6.07, 6.45) is 3.59. The van der Waals surface area contributed by atoms with Gasteiger partial charge >= 0.3 is 0 Å². The van der Waals surface area contributed by atoms with Crippen molar-refractivity contribution in [2.24, 2.45) is 0 Å². The number of aromatic nitrogens is 2. The van der Waals surface area contributed by atoms with Gasteiger partial charge in [-0.25, -0.2) is 9.97 Å². The molecule has 0 aliphatic rings. The summed E-state index contributed by atoms with van der Waals surface area (Å²) in [6.45, 7) is 2.75. The maximum Gasteiger partial charge on any atom is 0.143 e. The topological polar surface area (TPSA) is 37.8 Å². The normalized spacial score (nSPS) is 10.4. The fourth-order valence-electron chi connectivity index (χ4n) is 1.19.